The number of nitriles is 1. The zero-order chi connectivity index (χ0) is 10.7. The molecule has 0 aliphatic rings. The summed E-state index contributed by atoms with van der Waals surface area (Å²) in [7, 11) is 0. The fourth-order valence-electron chi connectivity index (χ4n) is 0.963. The lowest BCUT2D eigenvalue weighted by molar-refractivity contribution is -0.384. The van der Waals surface area contributed by atoms with E-state index in [0.29, 0.717) is 10.9 Å². The number of alkyl halides is 1. The fraction of sp³-hybridized carbons (Fsp3) is 0.125. The van der Waals surface area contributed by atoms with Crippen LogP contribution in [0.4, 0.5) is 5.69 Å². The highest BCUT2D eigenvalue weighted by atomic mass is 79.9. The van der Waals surface area contributed by atoms with Gasteiger partial charge in [-0.25, -0.2) is 0 Å². The fourth-order valence-corrected chi connectivity index (χ4v) is 1.81. The SMILES string of the molecule is N#Cc1cc(CBr)c(Cl)c([N+](=O)[O-])c1. The van der Waals surface area contributed by atoms with Gasteiger partial charge in [0.15, 0.2) is 0 Å². The van der Waals surface area contributed by atoms with Gasteiger partial charge < -0.3 is 0 Å². The minimum Gasteiger partial charge on any atom is -0.258 e. The van der Waals surface area contributed by atoms with E-state index in [-0.39, 0.29) is 16.3 Å². The first-order valence-electron chi connectivity index (χ1n) is 3.53. The second-order valence-electron chi connectivity index (χ2n) is 2.47. The molecule has 6 heteroatoms. The molecular formula is C8H4BrClN2O2. The third kappa shape index (κ3) is 2.03. The zero-order valence-corrected chi connectivity index (χ0v) is 9.17. The van der Waals surface area contributed by atoms with Crippen LogP contribution in [0.1, 0.15) is 11.1 Å². The maximum atomic E-state index is 10.6. The molecular weight excluding hydrogens is 271 g/mol. The number of benzene rings is 1. The van der Waals surface area contributed by atoms with Crippen molar-refractivity contribution in [1.82, 2.24) is 0 Å². The summed E-state index contributed by atoms with van der Waals surface area (Å²) in [6.45, 7) is 0. The Morgan fingerprint density at radius 2 is 2.29 bits per heavy atom. The van der Waals surface area contributed by atoms with Crippen LogP contribution in [0.3, 0.4) is 0 Å². The molecule has 0 unspecified atom stereocenters. The smallest absolute Gasteiger partial charge is 0.258 e. The summed E-state index contributed by atoms with van der Waals surface area (Å²) < 4.78 is 0. The molecule has 0 bridgehead atoms. The van der Waals surface area contributed by atoms with E-state index < -0.39 is 4.92 Å². The molecule has 4 nitrogen and oxygen atoms in total. The minimum absolute atomic E-state index is 0.0749. The van der Waals surface area contributed by atoms with Crippen molar-refractivity contribution in [2.75, 3.05) is 0 Å². The zero-order valence-electron chi connectivity index (χ0n) is 6.83. The normalized spacial score (nSPS) is 9.50. The van der Waals surface area contributed by atoms with Crippen LogP contribution >= 0.6 is 27.5 Å². The molecule has 0 N–H and O–H groups in total. The predicted octanol–water partition coefficient (Wildman–Crippen LogP) is 3.01. The molecule has 0 saturated carbocycles. The summed E-state index contributed by atoms with van der Waals surface area (Å²) in [4.78, 5) is 9.95. The average molecular weight is 275 g/mol. The highest BCUT2D eigenvalue weighted by Gasteiger charge is 2.17. The average Bonchev–Trinajstić information content (AvgIpc) is 2.17. The van der Waals surface area contributed by atoms with Gasteiger partial charge in [0.1, 0.15) is 5.02 Å². The number of rotatable bonds is 2. The summed E-state index contributed by atoms with van der Waals surface area (Å²) in [6, 6.07) is 4.52. The van der Waals surface area contributed by atoms with Crippen LogP contribution in [0.15, 0.2) is 12.1 Å². The Kier molecular flexibility index (Phi) is 3.44. The second-order valence-corrected chi connectivity index (χ2v) is 3.41. The van der Waals surface area contributed by atoms with Crippen molar-refractivity contribution in [2.45, 2.75) is 5.33 Å². The summed E-state index contributed by atoms with van der Waals surface area (Å²) in [5.41, 5.74) is 0.535. The van der Waals surface area contributed by atoms with E-state index >= 15 is 0 Å². The van der Waals surface area contributed by atoms with E-state index in [0.717, 1.165) is 6.07 Å². The van der Waals surface area contributed by atoms with Crippen LogP contribution in [0.25, 0.3) is 0 Å². The quantitative estimate of drug-likeness (QED) is 0.473. The van der Waals surface area contributed by atoms with Gasteiger partial charge in [0, 0.05) is 11.4 Å². The van der Waals surface area contributed by atoms with Gasteiger partial charge >= 0.3 is 0 Å². The Balaban J connectivity index is 3.44. The molecule has 14 heavy (non-hydrogen) atoms. The summed E-state index contributed by atoms with van der Waals surface area (Å²) >= 11 is 8.89. The van der Waals surface area contributed by atoms with Crippen LogP contribution in [0, 0.1) is 21.4 Å². The first-order chi connectivity index (χ1) is 6.60. The number of hydrogen-bond acceptors (Lipinski definition) is 3. The molecule has 0 aliphatic carbocycles. The Morgan fingerprint density at radius 3 is 2.71 bits per heavy atom. The largest absolute Gasteiger partial charge is 0.289 e. The van der Waals surface area contributed by atoms with Crippen LogP contribution in [-0.4, -0.2) is 4.92 Å². The first kappa shape index (κ1) is 11.0. The number of nitro benzene ring substituents is 1. The van der Waals surface area contributed by atoms with Crippen molar-refractivity contribution in [3.05, 3.63) is 38.4 Å². The van der Waals surface area contributed by atoms with Gasteiger partial charge in [-0.1, -0.05) is 27.5 Å². The molecule has 0 atom stereocenters. The van der Waals surface area contributed by atoms with E-state index in [4.69, 9.17) is 16.9 Å². The summed E-state index contributed by atoms with van der Waals surface area (Å²) in [5, 5.41) is 19.6. The van der Waals surface area contributed by atoms with Crippen LogP contribution < -0.4 is 0 Å². The van der Waals surface area contributed by atoms with Crippen molar-refractivity contribution in [1.29, 1.82) is 5.26 Å². The number of nitrogens with zero attached hydrogens (tertiary/aromatic N) is 2. The molecule has 72 valence electrons. The number of halogens is 2. The topological polar surface area (TPSA) is 66.9 Å². The summed E-state index contributed by atoms with van der Waals surface area (Å²) in [6.07, 6.45) is 0. The van der Waals surface area contributed by atoms with Crippen LogP contribution in [0.2, 0.25) is 5.02 Å². The van der Waals surface area contributed by atoms with Crippen molar-refractivity contribution in [3.63, 3.8) is 0 Å². The van der Waals surface area contributed by atoms with Gasteiger partial charge in [0.25, 0.3) is 5.69 Å². The standard InChI is InChI=1S/C8H4BrClN2O2/c9-3-6-1-5(4-11)2-7(8(6)10)12(13)14/h1-2H,3H2. The second kappa shape index (κ2) is 4.40. The highest BCUT2D eigenvalue weighted by Crippen LogP contribution is 2.30. The molecule has 0 fully saturated rings. The van der Waals surface area contributed by atoms with Gasteiger partial charge in [-0.2, -0.15) is 5.26 Å². The Bertz CT molecular complexity index is 428. The van der Waals surface area contributed by atoms with Gasteiger partial charge in [0.05, 0.1) is 16.6 Å². The monoisotopic (exact) mass is 274 g/mol. The van der Waals surface area contributed by atoms with E-state index in [2.05, 4.69) is 15.9 Å². The molecule has 0 spiro atoms. The van der Waals surface area contributed by atoms with Crippen LogP contribution in [0.5, 0.6) is 0 Å². The van der Waals surface area contributed by atoms with E-state index in [1.54, 1.807) is 0 Å². The third-order valence-electron chi connectivity index (χ3n) is 1.60. The maximum Gasteiger partial charge on any atom is 0.289 e. The third-order valence-corrected chi connectivity index (χ3v) is 2.64. The Labute approximate surface area is 93.4 Å². The highest BCUT2D eigenvalue weighted by molar-refractivity contribution is 9.08. The number of hydrogen-bond donors (Lipinski definition) is 0. The van der Waals surface area contributed by atoms with Crippen molar-refractivity contribution in [2.24, 2.45) is 0 Å². The lowest BCUT2D eigenvalue weighted by Crippen LogP contribution is -1.93. The van der Waals surface area contributed by atoms with Gasteiger partial charge in [-0.3, -0.25) is 10.1 Å². The lowest BCUT2D eigenvalue weighted by atomic mass is 10.1. The summed E-state index contributed by atoms with van der Waals surface area (Å²) in [5.74, 6) is 0. The molecule has 0 aromatic heterocycles. The lowest BCUT2D eigenvalue weighted by Gasteiger charge is -2.01. The predicted molar refractivity (Wildman–Crippen MR) is 55.5 cm³/mol. The molecule has 0 amide bonds. The van der Waals surface area contributed by atoms with Gasteiger partial charge in [-0.05, 0) is 11.6 Å². The minimum atomic E-state index is -0.602. The first-order valence-corrected chi connectivity index (χ1v) is 5.03. The molecule has 1 aromatic rings. The van der Waals surface area contributed by atoms with Gasteiger partial charge in [-0.15, -0.1) is 0 Å². The molecule has 1 aromatic carbocycles. The Hall–Kier alpha value is -1.12. The van der Waals surface area contributed by atoms with Crippen molar-refractivity contribution >= 4 is 33.2 Å². The maximum absolute atomic E-state index is 10.6. The Morgan fingerprint density at radius 1 is 1.64 bits per heavy atom. The van der Waals surface area contributed by atoms with Crippen LogP contribution in [-0.2, 0) is 5.33 Å². The molecule has 0 saturated heterocycles. The molecule has 1 rings (SSSR count). The number of nitro groups is 1. The van der Waals surface area contributed by atoms with Crippen molar-refractivity contribution < 1.29 is 4.92 Å². The van der Waals surface area contributed by atoms with E-state index in [9.17, 15) is 10.1 Å². The molecule has 0 heterocycles. The van der Waals surface area contributed by atoms with Crippen molar-refractivity contribution in [3.8, 4) is 6.07 Å². The molecule has 0 aliphatic heterocycles. The molecule has 0 radical (unpaired) electrons. The van der Waals surface area contributed by atoms with E-state index in [1.807, 2.05) is 6.07 Å². The van der Waals surface area contributed by atoms with Gasteiger partial charge in [0.2, 0.25) is 0 Å². The van der Waals surface area contributed by atoms with E-state index in [1.165, 1.54) is 6.07 Å².